The van der Waals surface area contributed by atoms with Crippen LogP contribution in [0.5, 0.6) is 0 Å². The maximum Gasteiger partial charge on any atom is 0.413 e. The zero-order valence-corrected chi connectivity index (χ0v) is 24.6. The van der Waals surface area contributed by atoms with Gasteiger partial charge < -0.3 is 14.2 Å². The minimum absolute atomic E-state index is 0.0485. The van der Waals surface area contributed by atoms with Crippen molar-refractivity contribution < 1.29 is 28.6 Å². The summed E-state index contributed by atoms with van der Waals surface area (Å²) in [5.41, 5.74) is -2.25. The van der Waals surface area contributed by atoms with E-state index >= 15 is 0 Å². The van der Waals surface area contributed by atoms with Crippen molar-refractivity contribution in [2.75, 3.05) is 13.7 Å². The minimum Gasteiger partial charge on any atom is -0.466 e. The second-order valence-electron chi connectivity index (χ2n) is 10.2. The molecule has 7 nitrogen and oxygen atoms in total. The Balaban J connectivity index is 3.02. The number of thiophene rings is 1. The van der Waals surface area contributed by atoms with E-state index in [9.17, 15) is 14.4 Å². The summed E-state index contributed by atoms with van der Waals surface area (Å²) in [5, 5.41) is 0. The zero-order chi connectivity index (χ0) is 27.9. The normalized spacial score (nSPS) is 12.6. The Morgan fingerprint density at radius 3 is 2.11 bits per heavy atom. The Morgan fingerprint density at radius 2 is 1.54 bits per heavy atom. The van der Waals surface area contributed by atoms with Gasteiger partial charge >= 0.3 is 18.0 Å². The summed E-state index contributed by atoms with van der Waals surface area (Å²) in [4.78, 5) is 39.3. The Bertz CT molecular complexity index is 923. The molecule has 0 N–H and O–H groups in total. The van der Waals surface area contributed by atoms with E-state index in [4.69, 9.17) is 14.2 Å². The molecule has 0 aromatic carbocycles. The van der Waals surface area contributed by atoms with Crippen LogP contribution in [0.2, 0.25) is 0 Å². The maximum absolute atomic E-state index is 13.0. The topological polar surface area (TPSA) is 82.1 Å². The van der Waals surface area contributed by atoms with E-state index in [0.29, 0.717) is 4.88 Å². The lowest BCUT2D eigenvalue weighted by atomic mass is 10.1. The van der Waals surface area contributed by atoms with E-state index in [-0.39, 0.29) is 13.0 Å². The summed E-state index contributed by atoms with van der Waals surface area (Å²) in [6.45, 7) is 10.0. The molecule has 1 aromatic rings. The average molecular weight is 536 g/mol. The third-order valence-electron chi connectivity index (χ3n) is 5.63. The van der Waals surface area contributed by atoms with Crippen LogP contribution in [0.25, 0.3) is 0 Å². The molecule has 1 rings (SSSR count). The second kappa shape index (κ2) is 16.3. The Kier molecular flexibility index (Phi) is 14.4. The number of esters is 2. The Hall–Kier alpha value is -2.53. The molecule has 0 spiro atoms. The van der Waals surface area contributed by atoms with Crippen molar-refractivity contribution >= 4 is 29.4 Å². The van der Waals surface area contributed by atoms with Crippen molar-refractivity contribution in [3.8, 4) is 11.8 Å². The van der Waals surface area contributed by atoms with Crippen LogP contribution < -0.4 is 0 Å². The van der Waals surface area contributed by atoms with Gasteiger partial charge in [0.15, 0.2) is 0 Å². The number of carbonyl (C=O) groups excluding carboxylic acids is 3. The summed E-state index contributed by atoms with van der Waals surface area (Å²) in [6.07, 6.45) is 10.2. The van der Waals surface area contributed by atoms with Crippen molar-refractivity contribution in [2.45, 2.75) is 117 Å². The monoisotopic (exact) mass is 535 g/mol. The van der Waals surface area contributed by atoms with Crippen molar-refractivity contribution in [1.29, 1.82) is 0 Å². The van der Waals surface area contributed by atoms with Gasteiger partial charge in [0.25, 0.3) is 0 Å². The molecule has 0 aliphatic carbocycles. The highest BCUT2D eigenvalue weighted by Crippen LogP contribution is 2.38. The van der Waals surface area contributed by atoms with E-state index in [0.717, 1.165) is 17.7 Å². The van der Waals surface area contributed by atoms with E-state index in [1.165, 1.54) is 82.1 Å². The largest absolute Gasteiger partial charge is 0.466 e. The molecule has 0 radical (unpaired) electrons. The number of ether oxygens (including phenoxy) is 3. The van der Waals surface area contributed by atoms with Gasteiger partial charge in [-0.05, 0) is 39.3 Å². The lowest BCUT2D eigenvalue weighted by Gasteiger charge is -2.40. The Labute approximate surface area is 227 Å². The van der Waals surface area contributed by atoms with Gasteiger partial charge in [0.05, 0.1) is 16.4 Å². The van der Waals surface area contributed by atoms with Crippen LogP contribution in [0.4, 0.5) is 4.79 Å². The smallest absolute Gasteiger partial charge is 0.413 e. The summed E-state index contributed by atoms with van der Waals surface area (Å²) in [5.74, 6) is 5.40. The van der Waals surface area contributed by atoms with E-state index in [1.54, 1.807) is 26.8 Å². The van der Waals surface area contributed by atoms with Crippen LogP contribution >= 0.6 is 11.3 Å². The summed E-state index contributed by atoms with van der Waals surface area (Å²) in [7, 11) is 1.51. The molecule has 0 aliphatic heterocycles. The fourth-order valence-corrected chi connectivity index (χ4v) is 4.86. The first-order valence-corrected chi connectivity index (χ1v) is 14.1. The molecule has 1 aromatic heterocycles. The molecule has 1 heterocycles. The van der Waals surface area contributed by atoms with Crippen LogP contribution in [0, 0.1) is 11.8 Å². The zero-order valence-electron chi connectivity index (χ0n) is 23.7. The highest BCUT2D eigenvalue weighted by Gasteiger charge is 2.45. The van der Waals surface area contributed by atoms with Gasteiger partial charge in [-0.15, -0.1) is 11.3 Å². The van der Waals surface area contributed by atoms with Crippen LogP contribution in [-0.2, 0) is 29.5 Å². The summed E-state index contributed by atoms with van der Waals surface area (Å²) >= 11 is 1.34. The highest BCUT2D eigenvalue weighted by atomic mass is 32.1. The SMILES string of the molecule is CCCCCCCCCCC#Cc1ccc(C(CCOC(C)=O)(OC(C)=O)N(C)C(=O)OC(C)(C)C)s1. The van der Waals surface area contributed by atoms with Gasteiger partial charge in [0, 0.05) is 33.7 Å². The number of rotatable bonds is 14. The molecule has 0 bridgehead atoms. The molecular weight excluding hydrogens is 490 g/mol. The van der Waals surface area contributed by atoms with Gasteiger partial charge in [0.1, 0.15) is 5.60 Å². The minimum atomic E-state index is -1.51. The summed E-state index contributed by atoms with van der Waals surface area (Å²) < 4.78 is 16.5. The third kappa shape index (κ3) is 12.5. The lowest BCUT2D eigenvalue weighted by Crippen LogP contribution is -2.51. The van der Waals surface area contributed by atoms with Gasteiger partial charge in [-0.1, -0.05) is 63.7 Å². The van der Waals surface area contributed by atoms with E-state index < -0.39 is 29.4 Å². The van der Waals surface area contributed by atoms with Crippen LogP contribution in [-0.4, -0.2) is 42.2 Å². The van der Waals surface area contributed by atoms with Crippen molar-refractivity contribution in [1.82, 2.24) is 4.90 Å². The fraction of sp³-hybridized carbons (Fsp3) is 0.690. The molecule has 8 heteroatoms. The van der Waals surface area contributed by atoms with Gasteiger partial charge in [-0.3, -0.25) is 14.5 Å². The lowest BCUT2D eigenvalue weighted by molar-refractivity contribution is -0.184. The number of carbonyl (C=O) groups is 3. The molecule has 37 heavy (non-hydrogen) atoms. The van der Waals surface area contributed by atoms with Crippen molar-refractivity contribution in [3.05, 3.63) is 21.9 Å². The first-order chi connectivity index (χ1) is 17.4. The molecule has 1 atom stereocenters. The number of nitrogens with zero attached hydrogens (tertiary/aromatic N) is 1. The predicted molar refractivity (Wildman–Crippen MR) is 147 cm³/mol. The van der Waals surface area contributed by atoms with Crippen LogP contribution in [0.15, 0.2) is 12.1 Å². The quantitative estimate of drug-likeness (QED) is 0.0826. The Morgan fingerprint density at radius 1 is 0.919 bits per heavy atom. The first kappa shape index (κ1) is 32.5. The molecule has 0 saturated carbocycles. The predicted octanol–water partition coefficient (Wildman–Crippen LogP) is 7.17. The van der Waals surface area contributed by atoms with Crippen LogP contribution in [0.1, 0.15) is 116 Å². The molecule has 0 fully saturated rings. The van der Waals surface area contributed by atoms with Crippen LogP contribution in [0.3, 0.4) is 0 Å². The third-order valence-corrected chi connectivity index (χ3v) is 6.76. The number of amides is 1. The fourth-order valence-electron chi connectivity index (χ4n) is 3.79. The van der Waals surface area contributed by atoms with E-state index in [2.05, 4.69) is 18.8 Å². The number of hydrogen-bond donors (Lipinski definition) is 0. The first-order valence-electron chi connectivity index (χ1n) is 13.3. The van der Waals surface area contributed by atoms with E-state index in [1.807, 2.05) is 6.07 Å². The number of unbranched alkanes of at least 4 members (excludes halogenated alkanes) is 8. The van der Waals surface area contributed by atoms with Gasteiger partial charge in [0.2, 0.25) is 5.72 Å². The van der Waals surface area contributed by atoms with Crippen molar-refractivity contribution in [2.24, 2.45) is 0 Å². The second-order valence-corrected chi connectivity index (χ2v) is 11.3. The molecule has 208 valence electrons. The maximum atomic E-state index is 13.0. The summed E-state index contributed by atoms with van der Waals surface area (Å²) in [6, 6.07) is 3.65. The van der Waals surface area contributed by atoms with Crippen molar-refractivity contribution in [3.63, 3.8) is 0 Å². The van der Waals surface area contributed by atoms with Gasteiger partial charge in [-0.2, -0.15) is 0 Å². The molecule has 0 aliphatic rings. The molecule has 1 amide bonds. The van der Waals surface area contributed by atoms with Gasteiger partial charge in [-0.25, -0.2) is 4.79 Å². The average Bonchev–Trinajstić information content (AvgIpc) is 3.27. The number of hydrogen-bond acceptors (Lipinski definition) is 7. The highest BCUT2D eigenvalue weighted by molar-refractivity contribution is 7.12. The standard InChI is InChI=1S/C29H45NO6S/c1-8-9-10-11-12-13-14-15-16-17-18-25-19-20-26(37-25)29(35-24(3)32,21-22-34-23(2)31)30(7)27(33)36-28(4,5)6/h19-20H,8-16,21-22H2,1-7H3. The molecule has 0 saturated heterocycles. The molecule has 1 unspecified atom stereocenters. The molecular formula is C29H45NO6S.